The van der Waals surface area contributed by atoms with Gasteiger partial charge >= 0.3 is 5.97 Å². The molecule has 0 radical (unpaired) electrons. The van der Waals surface area contributed by atoms with Gasteiger partial charge in [0.1, 0.15) is 0 Å². The number of esters is 1. The molecule has 136 valence electrons. The summed E-state index contributed by atoms with van der Waals surface area (Å²) in [7, 11) is 0. The Morgan fingerprint density at radius 2 is 2.19 bits per heavy atom. The third-order valence-corrected chi connectivity index (χ3v) is 4.38. The van der Waals surface area contributed by atoms with Crippen LogP contribution in [0.4, 0.5) is 5.13 Å². The summed E-state index contributed by atoms with van der Waals surface area (Å²) in [4.78, 5) is 32.3. The maximum atomic E-state index is 12.5. The first-order valence-electron chi connectivity index (χ1n) is 8.14. The van der Waals surface area contributed by atoms with Crippen LogP contribution in [0.5, 0.6) is 0 Å². The number of nitrogens with zero attached hydrogens (tertiary/aromatic N) is 3. The van der Waals surface area contributed by atoms with E-state index in [0.29, 0.717) is 28.7 Å². The van der Waals surface area contributed by atoms with E-state index < -0.39 is 0 Å². The normalized spacial score (nSPS) is 11.1. The van der Waals surface area contributed by atoms with E-state index in [9.17, 15) is 9.59 Å². The van der Waals surface area contributed by atoms with Gasteiger partial charge in [0.2, 0.25) is 0 Å². The van der Waals surface area contributed by atoms with E-state index >= 15 is 0 Å². The Hall–Kier alpha value is -2.81. The van der Waals surface area contributed by atoms with Gasteiger partial charge in [0.15, 0.2) is 5.13 Å². The van der Waals surface area contributed by atoms with Crippen LogP contribution < -0.4 is 5.32 Å². The number of ether oxygens (including phenoxy) is 1. The number of rotatable bonds is 6. The van der Waals surface area contributed by atoms with Crippen molar-refractivity contribution in [2.24, 2.45) is 0 Å². The predicted octanol–water partition coefficient (Wildman–Crippen LogP) is 3.16. The van der Waals surface area contributed by atoms with E-state index in [0.717, 1.165) is 11.1 Å². The van der Waals surface area contributed by atoms with Crippen molar-refractivity contribution in [2.45, 2.75) is 33.1 Å². The second kappa shape index (κ2) is 7.61. The average Bonchev–Trinajstić information content (AvgIpc) is 3.21. The number of anilines is 1. The summed E-state index contributed by atoms with van der Waals surface area (Å²) in [6.07, 6.45) is 1.51. The molecule has 0 aliphatic heterocycles. The largest absolute Gasteiger partial charge is 0.466 e. The number of carbonyl (C=O) groups excluding carboxylic acids is 2. The van der Waals surface area contributed by atoms with Crippen LogP contribution in [0, 0.1) is 0 Å². The van der Waals surface area contributed by atoms with Crippen LogP contribution >= 0.6 is 11.3 Å². The maximum Gasteiger partial charge on any atom is 0.311 e. The molecule has 0 aliphatic rings. The smallest absolute Gasteiger partial charge is 0.311 e. The molecule has 0 spiro atoms. The standard InChI is InChI=1S/C17H18N4O4S/c1-4-24-13(22)6-11-8-26-17(19-11)20-15(23)10-5-12-14(9(2)3)21-25-16(12)18-7-10/h5,7-9H,4,6H2,1-3H3,(H,19,20,23). The van der Waals surface area contributed by atoms with Crippen LogP contribution in [0.1, 0.15) is 48.4 Å². The molecule has 3 aromatic heterocycles. The first-order chi connectivity index (χ1) is 12.5. The minimum atomic E-state index is -0.348. The van der Waals surface area contributed by atoms with Gasteiger partial charge in [-0.2, -0.15) is 0 Å². The van der Waals surface area contributed by atoms with Crippen LogP contribution in [0.2, 0.25) is 0 Å². The fourth-order valence-corrected chi connectivity index (χ4v) is 3.07. The lowest BCUT2D eigenvalue weighted by Crippen LogP contribution is -2.12. The molecule has 0 unspecified atom stereocenters. The lowest BCUT2D eigenvalue weighted by molar-refractivity contribution is -0.142. The second-order valence-corrected chi connectivity index (χ2v) is 6.74. The van der Waals surface area contributed by atoms with Crippen molar-refractivity contribution in [2.75, 3.05) is 11.9 Å². The zero-order valence-electron chi connectivity index (χ0n) is 14.6. The van der Waals surface area contributed by atoms with Gasteiger partial charge in [-0.05, 0) is 18.9 Å². The molecular weight excluding hydrogens is 356 g/mol. The fraction of sp³-hybridized carbons (Fsp3) is 0.353. The minimum absolute atomic E-state index is 0.0756. The molecule has 0 saturated heterocycles. The Bertz CT molecular complexity index is 947. The van der Waals surface area contributed by atoms with E-state index in [2.05, 4.69) is 20.4 Å². The second-order valence-electron chi connectivity index (χ2n) is 5.88. The SMILES string of the molecule is CCOC(=O)Cc1csc(NC(=O)c2cnc3onc(C(C)C)c3c2)n1. The van der Waals surface area contributed by atoms with Gasteiger partial charge in [0, 0.05) is 11.6 Å². The summed E-state index contributed by atoms with van der Waals surface area (Å²) in [5, 5.41) is 9.55. The van der Waals surface area contributed by atoms with E-state index in [1.807, 2.05) is 13.8 Å². The topological polar surface area (TPSA) is 107 Å². The molecule has 1 amide bonds. The quantitative estimate of drug-likeness (QED) is 0.660. The molecule has 0 bridgehead atoms. The lowest BCUT2D eigenvalue weighted by Gasteiger charge is -2.03. The van der Waals surface area contributed by atoms with Crippen molar-refractivity contribution < 1.29 is 18.8 Å². The van der Waals surface area contributed by atoms with E-state index in [1.165, 1.54) is 17.5 Å². The summed E-state index contributed by atoms with van der Waals surface area (Å²) in [6, 6.07) is 1.70. The van der Waals surface area contributed by atoms with Gasteiger partial charge in [0.05, 0.1) is 35.4 Å². The molecule has 0 aromatic carbocycles. The molecule has 0 saturated carbocycles. The molecule has 1 N–H and O–H groups in total. The summed E-state index contributed by atoms with van der Waals surface area (Å²) in [5.41, 5.74) is 2.09. The van der Waals surface area contributed by atoms with Crippen molar-refractivity contribution >= 4 is 39.4 Å². The van der Waals surface area contributed by atoms with Gasteiger partial charge in [0.25, 0.3) is 11.6 Å². The monoisotopic (exact) mass is 374 g/mol. The third kappa shape index (κ3) is 3.88. The summed E-state index contributed by atoms with van der Waals surface area (Å²) < 4.78 is 10.1. The number of pyridine rings is 1. The van der Waals surface area contributed by atoms with Gasteiger partial charge < -0.3 is 9.26 Å². The number of fused-ring (bicyclic) bond motifs is 1. The van der Waals surface area contributed by atoms with Crippen molar-refractivity contribution in [3.05, 3.63) is 34.6 Å². The third-order valence-electron chi connectivity index (χ3n) is 3.57. The summed E-state index contributed by atoms with van der Waals surface area (Å²) >= 11 is 1.24. The Morgan fingerprint density at radius 1 is 1.38 bits per heavy atom. The van der Waals surface area contributed by atoms with Crippen molar-refractivity contribution in [3.63, 3.8) is 0 Å². The lowest BCUT2D eigenvalue weighted by atomic mass is 10.1. The highest BCUT2D eigenvalue weighted by atomic mass is 32.1. The van der Waals surface area contributed by atoms with Gasteiger partial charge in [-0.15, -0.1) is 11.3 Å². The number of carbonyl (C=O) groups is 2. The number of nitrogens with one attached hydrogen (secondary N) is 1. The van der Waals surface area contributed by atoms with Gasteiger partial charge in [-0.25, -0.2) is 9.97 Å². The summed E-state index contributed by atoms with van der Waals surface area (Å²) in [6.45, 7) is 6.05. The molecule has 9 heteroatoms. The van der Waals surface area contributed by atoms with Crippen LogP contribution in [0.25, 0.3) is 11.1 Å². The van der Waals surface area contributed by atoms with Gasteiger partial charge in [-0.1, -0.05) is 19.0 Å². The minimum Gasteiger partial charge on any atom is -0.466 e. The first-order valence-corrected chi connectivity index (χ1v) is 9.02. The number of aromatic nitrogens is 3. The molecular formula is C17H18N4O4S. The maximum absolute atomic E-state index is 12.5. The molecule has 3 rings (SSSR count). The average molecular weight is 374 g/mol. The van der Waals surface area contributed by atoms with Crippen molar-refractivity contribution in [1.82, 2.24) is 15.1 Å². The van der Waals surface area contributed by atoms with Crippen molar-refractivity contribution in [3.8, 4) is 0 Å². The Balaban J connectivity index is 1.74. The van der Waals surface area contributed by atoms with E-state index in [1.54, 1.807) is 18.4 Å². The van der Waals surface area contributed by atoms with Crippen LogP contribution in [-0.4, -0.2) is 33.6 Å². The Kier molecular flexibility index (Phi) is 5.27. The molecule has 3 heterocycles. The highest BCUT2D eigenvalue weighted by Crippen LogP contribution is 2.24. The van der Waals surface area contributed by atoms with Crippen LogP contribution in [0.15, 0.2) is 22.2 Å². The highest BCUT2D eigenvalue weighted by molar-refractivity contribution is 7.14. The fourth-order valence-electron chi connectivity index (χ4n) is 2.37. The zero-order valence-corrected chi connectivity index (χ0v) is 15.4. The van der Waals surface area contributed by atoms with Crippen LogP contribution in [0.3, 0.4) is 0 Å². The zero-order chi connectivity index (χ0) is 18.7. The van der Waals surface area contributed by atoms with E-state index in [4.69, 9.17) is 9.26 Å². The van der Waals surface area contributed by atoms with Gasteiger partial charge in [-0.3, -0.25) is 14.9 Å². The summed E-state index contributed by atoms with van der Waals surface area (Å²) in [5.74, 6) is -0.535. The molecule has 0 atom stereocenters. The highest BCUT2D eigenvalue weighted by Gasteiger charge is 2.17. The molecule has 0 aliphatic carbocycles. The molecule has 8 nitrogen and oxygen atoms in total. The Morgan fingerprint density at radius 3 is 2.92 bits per heavy atom. The molecule has 0 fully saturated rings. The number of hydrogen-bond donors (Lipinski definition) is 1. The number of thiazole rings is 1. The molecule has 26 heavy (non-hydrogen) atoms. The molecule has 3 aromatic rings. The van der Waals surface area contributed by atoms with E-state index in [-0.39, 0.29) is 24.2 Å². The van der Waals surface area contributed by atoms with Crippen molar-refractivity contribution in [1.29, 1.82) is 0 Å². The number of hydrogen-bond acceptors (Lipinski definition) is 8. The predicted molar refractivity (Wildman–Crippen MR) is 96.3 cm³/mol. The Labute approximate surface area is 153 Å². The number of amides is 1. The van der Waals surface area contributed by atoms with Crippen LogP contribution in [-0.2, 0) is 16.0 Å². The first kappa shape index (κ1) is 18.0.